The van der Waals surface area contributed by atoms with E-state index in [2.05, 4.69) is 5.10 Å². The molecule has 3 aromatic carbocycles. The number of hydrogen-bond donors (Lipinski definition) is 1. The minimum Gasteiger partial charge on any atom is -0.277 e. The van der Waals surface area contributed by atoms with Gasteiger partial charge in [0.15, 0.2) is 0 Å². The number of halogens is 1. The second-order valence-corrected chi connectivity index (χ2v) is 8.70. The Morgan fingerprint density at radius 3 is 2.17 bits per heavy atom. The largest absolute Gasteiger partial charge is 0.277 e. The van der Waals surface area contributed by atoms with E-state index in [1.165, 1.54) is 16.8 Å². The first kappa shape index (κ1) is 18.8. The Bertz CT molecular complexity index is 1270. The highest BCUT2D eigenvalue weighted by atomic mass is 32.2. The molecule has 148 valence electrons. The second kappa shape index (κ2) is 7.55. The van der Waals surface area contributed by atoms with Crippen molar-refractivity contribution in [1.82, 2.24) is 9.78 Å². The lowest BCUT2D eigenvalue weighted by Gasteiger charge is -2.30. The first-order valence-corrected chi connectivity index (χ1v) is 10.8. The van der Waals surface area contributed by atoms with Gasteiger partial charge in [0.2, 0.25) is 4.80 Å². The normalized spacial score (nSPS) is 12.4. The Morgan fingerprint density at radius 1 is 0.933 bits per heavy atom. The molecular formula is C22H15FN4OS2. The average Bonchev–Trinajstić information content (AvgIpc) is 3.12. The van der Waals surface area contributed by atoms with Gasteiger partial charge in [-0.25, -0.2) is 9.07 Å². The van der Waals surface area contributed by atoms with Gasteiger partial charge in [0, 0.05) is 15.4 Å². The molecule has 30 heavy (non-hydrogen) atoms. The predicted octanol–water partition coefficient (Wildman–Crippen LogP) is 5.06. The van der Waals surface area contributed by atoms with Gasteiger partial charge in [0.1, 0.15) is 17.4 Å². The summed E-state index contributed by atoms with van der Waals surface area (Å²) in [6, 6.07) is 21.5. The van der Waals surface area contributed by atoms with Crippen molar-refractivity contribution in [2.75, 3.05) is 4.90 Å². The summed E-state index contributed by atoms with van der Waals surface area (Å²) in [5.74, 6) is -0.505. The van der Waals surface area contributed by atoms with Crippen LogP contribution in [0.5, 0.6) is 0 Å². The minimum atomic E-state index is -0.329. The van der Waals surface area contributed by atoms with E-state index in [9.17, 15) is 9.18 Å². The highest BCUT2D eigenvalue weighted by Gasteiger charge is 2.28. The van der Waals surface area contributed by atoms with Gasteiger partial charge in [-0.3, -0.25) is 15.1 Å². The molecule has 0 saturated heterocycles. The molecule has 1 N–H and O–H groups in total. The molecule has 1 aliphatic heterocycles. The Labute approximate surface area is 179 Å². The van der Waals surface area contributed by atoms with E-state index in [-0.39, 0.29) is 23.1 Å². The van der Waals surface area contributed by atoms with Crippen molar-refractivity contribution in [2.45, 2.75) is 16.3 Å². The standard InChI is InChI=1S/C22H15FN4OS2/c23-15-11-9-14(10-12-15)21-25-26(22(24)30-21)13-20(28)27-16-5-1-3-7-18(16)29-19-8-4-2-6-17(19)27/h1-12,24H,13H2. The summed E-state index contributed by atoms with van der Waals surface area (Å²) >= 11 is 2.79. The lowest BCUT2D eigenvalue weighted by atomic mass is 10.2. The van der Waals surface area contributed by atoms with Gasteiger partial charge in [-0.05, 0) is 48.5 Å². The maximum atomic E-state index is 13.4. The molecule has 5 nitrogen and oxygen atoms in total. The third-order valence-corrected chi connectivity index (χ3v) is 6.74. The number of carbonyl (C=O) groups excluding carboxylic acids is 1. The molecule has 0 saturated carbocycles. The minimum absolute atomic E-state index is 0.0656. The van der Waals surface area contributed by atoms with E-state index in [1.54, 1.807) is 28.8 Å². The number of hydrogen-bond acceptors (Lipinski definition) is 5. The Hall–Kier alpha value is -3.23. The van der Waals surface area contributed by atoms with Crippen molar-refractivity contribution in [3.8, 4) is 10.6 Å². The van der Waals surface area contributed by atoms with Gasteiger partial charge in [0.05, 0.1) is 11.4 Å². The van der Waals surface area contributed by atoms with Gasteiger partial charge in [0.25, 0.3) is 5.91 Å². The molecule has 1 aliphatic rings. The van der Waals surface area contributed by atoms with Crippen molar-refractivity contribution in [3.63, 3.8) is 0 Å². The molecule has 5 rings (SSSR count). The molecule has 1 aromatic heterocycles. The quantitative estimate of drug-likeness (QED) is 0.490. The zero-order valence-electron chi connectivity index (χ0n) is 15.6. The van der Waals surface area contributed by atoms with Crippen molar-refractivity contribution in [1.29, 1.82) is 5.41 Å². The van der Waals surface area contributed by atoms with E-state index >= 15 is 0 Å². The van der Waals surface area contributed by atoms with Gasteiger partial charge in [-0.1, -0.05) is 47.4 Å². The SMILES string of the molecule is N=c1sc(-c2ccc(F)cc2)nn1CC(=O)N1c2ccccc2Sc2ccccc21. The molecule has 0 radical (unpaired) electrons. The van der Waals surface area contributed by atoms with Crippen LogP contribution in [-0.4, -0.2) is 15.7 Å². The van der Waals surface area contributed by atoms with Crippen LogP contribution in [0.4, 0.5) is 15.8 Å². The average molecular weight is 435 g/mol. The van der Waals surface area contributed by atoms with Crippen LogP contribution in [-0.2, 0) is 11.3 Å². The smallest absolute Gasteiger partial charge is 0.253 e. The molecule has 1 amide bonds. The fraction of sp³-hybridized carbons (Fsp3) is 0.0455. The molecule has 2 heterocycles. The summed E-state index contributed by atoms with van der Waals surface area (Å²) in [6.45, 7) is -0.0656. The topological polar surface area (TPSA) is 62.0 Å². The fourth-order valence-electron chi connectivity index (χ4n) is 3.31. The Kier molecular flexibility index (Phi) is 4.72. The molecular weight excluding hydrogens is 419 g/mol. The van der Waals surface area contributed by atoms with Gasteiger partial charge in [-0.2, -0.15) is 5.10 Å². The van der Waals surface area contributed by atoms with Crippen molar-refractivity contribution in [3.05, 3.63) is 83.4 Å². The van der Waals surface area contributed by atoms with Gasteiger partial charge < -0.3 is 0 Å². The van der Waals surface area contributed by atoms with Crippen LogP contribution in [0.15, 0.2) is 82.6 Å². The molecule has 0 spiro atoms. The van der Waals surface area contributed by atoms with Crippen LogP contribution in [0.1, 0.15) is 0 Å². The third kappa shape index (κ3) is 3.34. The lowest BCUT2D eigenvalue weighted by Crippen LogP contribution is -2.34. The number of carbonyl (C=O) groups is 1. The third-order valence-electron chi connectivity index (χ3n) is 4.70. The van der Waals surface area contributed by atoms with Crippen molar-refractivity contribution in [2.24, 2.45) is 0 Å². The number of benzene rings is 3. The zero-order valence-corrected chi connectivity index (χ0v) is 17.2. The number of rotatable bonds is 3. The van der Waals surface area contributed by atoms with Crippen LogP contribution in [0.25, 0.3) is 10.6 Å². The predicted molar refractivity (Wildman–Crippen MR) is 116 cm³/mol. The lowest BCUT2D eigenvalue weighted by molar-refractivity contribution is -0.118. The van der Waals surface area contributed by atoms with Crippen LogP contribution < -0.4 is 9.70 Å². The molecule has 0 aliphatic carbocycles. The summed E-state index contributed by atoms with van der Waals surface area (Å²) in [5.41, 5.74) is 2.37. The second-order valence-electron chi connectivity index (χ2n) is 6.64. The van der Waals surface area contributed by atoms with E-state index in [4.69, 9.17) is 5.41 Å². The Balaban J connectivity index is 1.50. The summed E-state index contributed by atoms with van der Waals surface area (Å²) in [7, 11) is 0. The maximum absolute atomic E-state index is 13.4. The van der Waals surface area contributed by atoms with E-state index in [1.807, 2.05) is 48.5 Å². The first-order chi connectivity index (χ1) is 14.6. The number of nitrogens with zero attached hydrogens (tertiary/aromatic N) is 3. The maximum Gasteiger partial charge on any atom is 0.253 e. The van der Waals surface area contributed by atoms with E-state index in [0.717, 1.165) is 32.5 Å². The molecule has 0 fully saturated rings. The summed E-state index contributed by atoms with van der Waals surface area (Å²) in [4.78, 5) is 17.2. The number of para-hydroxylation sites is 2. The Morgan fingerprint density at radius 2 is 1.53 bits per heavy atom. The van der Waals surface area contributed by atoms with Crippen LogP contribution in [0, 0.1) is 11.2 Å². The number of amides is 1. The van der Waals surface area contributed by atoms with Crippen LogP contribution in [0.2, 0.25) is 0 Å². The van der Waals surface area contributed by atoms with E-state index in [0.29, 0.717) is 10.6 Å². The molecule has 8 heteroatoms. The highest BCUT2D eigenvalue weighted by Crippen LogP contribution is 2.47. The van der Waals surface area contributed by atoms with Crippen LogP contribution >= 0.6 is 23.1 Å². The molecule has 0 unspecified atom stereocenters. The number of anilines is 2. The highest BCUT2D eigenvalue weighted by molar-refractivity contribution is 7.99. The van der Waals surface area contributed by atoms with Crippen molar-refractivity contribution >= 4 is 40.4 Å². The number of fused-ring (bicyclic) bond motifs is 2. The van der Waals surface area contributed by atoms with Crippen molar-refractivity contribution < 1.29 is 9.18 Å². The number of nitrogens with one attached hydrogen (secondary N) is 1. The van der Waals surface area contributed by atoms with E-state index < -0.39 is 0 Å². The van der Waals surface area contributed by atoms with Gasteiger partial charge in [-0.15, -0.1) is 0 Å². The molecule has 0 bridgehead atoms. The van der Waals surface area contributed by atoms with Crippen LogP contribution in [0.3, 0.4) is 0 Å². The number of aromatic nitrogens is 2. The summed E-state index contributed by atoms with van der Waals surface area (Å²) < 4.78 is 14.6. The summed E-state index contributed by atoms with van der Waals surface area (Å²) in [5, 5.41) is 13.3. The zero-order chi connectivity index (χ0) is 20.7. The van der Waals surface area contributed by atoms with Gasteiger partial charge >= 0.3 is 0 Å². The first-order valence-electron chi connectivity index (χ1n) is 9.17. The fourth-order valence-corrected chi connectivity index (χ4v) is 5.15. The monoisotopic (exact) mass is 434 g/mol. The molecule has 0 atom stereocenters. The molecule has 4 aromatic rings. The summed E-state index contributed by atoms with van der Waals surface area (Å²) in [6.07, 6.45) is 0.